The highest BCUT2D eigenvalue weighted by Crippen LogP contribution is 2.60. The summed E-state index contributed by atoms with van der Waals surface area (Å²) >= 11 is 0. The topological polar surface area (TPSA) is 133 Å². The molecule has 29 heavy (non-hydrogen) atoms. The first kappa shape index (κ1) is 20.4. The Labute approximate surface area is 166 Å². The second kappa shape index (κ2) is 7.13. The van der Waals surface area contributed by atoms with Gasteiger partial charge in [0.2, 0.25) is 11.8 Å². The van der Waals surface area contributed by atoms with Crippen LogP contribution in [0.25, 0.3) is 11.2 Å². The van der Waals surface area contributed by atoms with E-state index in [1.807, 2.05) is 0 Å². The molecule has 13 heteroatoms. The molecule has 5 atom stereocenters. The molecule has 2 aliphatic heterocycles. The fourth-order valence-electron chi connectivity index (χ4n) is 3.47. The molecule has 4 rings (SSSR count). The number of aromatic nitrogens is 4. The molecule has 2 aromatic rings. The zero-order chi connectivity index (χ0) is 21.0. The van der Waals surface area contributed by atoms with E-state index in [0.29, 0.717) is 12.1 Å². The zero-order valence-electron chi connectivity index (χ0n) is 16.4. The Kier molecular flexibility index (Phi) is 5.02. The molecule has 11 nitrogen and oxygen atoms in total. The van der Waals surface area contributed by atoms with E-state index in [1.54, 1.807) is 20.8 Å². The fourth-order valence-corrected chi connectivity index (χ4v) is 5.11. The van der Waals surface area contributed by atoms with Crippen molar-refractivity contribution in [3.8, 4) is 5.88 Å². The van der Waals surface area contributed by atoms with Crippen LogP contribution in [0.15, 0.2) is 6.33 Å². The molecule has 0 spiro atoms. The number of ether oxygens (including phenoxy) is 2. The van der Waals surface area contributed by atoms with Crippen molar-refractivity contribution < 1.29 is 32.0 Å². The Morgan fingerprint density at radius 3 is 2.93 bits per heavy atom. The molecule has 2 aliphatic rings. The van der Waals surface area contributed by atoms with Crippen LogP contribution in [-0.4, -0.2) is 56.7 Å². The minimum atomic E-state index is -3.91. The van der Waals surface area contributed by atoms with Gasteiger partial charge in [-0.05, 0) is 27.7 Å². The normalized spacial score (nSPS) is 34.6. The summed E-state index contributed by atoms with van der Waals surface area (Å²) in [5.74, 6) is 0.146. The molecule has 0 amide bonds. The highest BCUT2D eigenvalue weighted by atomic mass is 31.2. The van der Waals surface area contributed by atoms with Crippen LogP contribution in [0, 0.1) is 0 Å². The Bertz CT molecular complexity index is 969. The van der Waals surface area contributed by atoms with Gasteiger partial charge in [0.1, 0.15) is 12.2 Å². The maximum atomic E-state index is 15.9. The lowest BCUT2D eigenvalue weighted by molar-refractivity contribution is -0.0733. The number of anilines is 1. The molecular formula is C16H23FN5O6P. The summed E-state index contributed by atoms with van der Waals surface area (Å²) < 4.78 is 57.2. The Balaban J connectivity index is 1.70. The van der Waals surface area contributed by atoms with Crippen molar-refractivity contribution in [3.05, 3.63) is 6.33 Å². The molecule has 0 aliphatic carbocycles. The standard InChI is InChI=1S/C16H23FN5O6P/c1-5-24-13-10-12(20-15(18)21-13)22(7-19-10)14-16(4,17)11-9(26-14)6-25-29(23,28-11)27-8(2)3/h7-9,11,14H,5-6H2,1-4H3,(H2,18,20,21)/t9-,11+,14?,16+,29?/m0/s1. The van der Waals surface area contributed by atoms with E-state index in [2.05, 4.69) is 15.0 Å². The molecule has 0 aromatic carbocycles. The molecule has 160 valence electrons. The number of hydrogen-bond acceptors (Lipinski definition) is 10. The number of alkyl halides is 1. The van der Waals surface area contributed by atoms with Crippen molar-refractivity contribution >= 4 is 24.9 Å². The van der Waals surface area contributed by atoms with E-state index in [4.69, 9.17) is 28.8 Å². The highest BCUT2D eigenvalue weighted by molar-refractivity contribution is 7.48. The molecule has 2 aromatic heterocycles. The smallest absolute Gasteiger partial charge is 0.475 e. The zero-order valence-corrected chi connectivity index (χ0v) is 17.3. The van der Waals surface area contributed by atoms with Gasteiger partial charge in [-0.2, -0.15) is 9.97 Å². The largest absolute Gasteiger partial charge is 0.476 e. The third-order valence-electron chi connectivity index (χ3n) is 4.60. The van der Waals surface area contributed by atoms with Gasteiger partial charge in [0.25, 0.3) is 0 Å². The van der Waals surface area contributed by atoms with Gasteiger partial charge in [-0.1, -0.05) is 0 Å². The number of nitrogens with zero attached hydrogens (tertiary/aromatic N) is 4. The third kappa shape index (κ3) is 3.49. The first-order valence-electron chi connectivity index (χ1n) is 9.23. The number of phosphoric acid groups is 1. The number of phosphoric ester groups is 1. The van der Waals surface area contributed by atoms with Gasteiger partial charge in [-0.15, -0.1) is 0 Å². The van der Waals surface area contributed by atoms with Crippen molar-refractivity contribution in [1.29, 1.82) is 0 Å². The van der Waals surface area contributed by atoms with Gasteiger partial charge in [-0.25, -0.2) is 13.9 Å². The predicted octanol–water partition coefficient (Wildman–Crippen LogP) is 2.38. The third-order valence-corrected chi connectivity index (χ3v) is 6.23. The Morgan fingerprint density at radius 2 is 2.24 bits per heavy atom. The van der Waals surface area contributed by atoms with E-state index in [1.165, 1.54) is 17.8 Å². The predicted molar refractivity (Wildman–Crippen MR) is 99.0 cm³/mol. The van der Waals surface area contributed by atoms with Crippen molar-refractivity contribution in [1.82, 2.24) is 19.5 Å². The van der Waals surface area contributed by atoms with Gasteiger partial charge < -0.3 is 15.2 Å². The quantitative estimate of drug-likeness (QED) is 0.704. The van der Waals surface area contributed by atoms with Gasteiger partial charge in [0.05, 0.1) is 25.6 Å². The van der Waals surface area contributed by atoms with Crippen LogP contribution in [0.4, 0.5) is 10.3 Å². The van der Waals surface area contributed by atoms with Crippen molar-refractivity contribution in [3.63, 3.8) is 0 Å². The molecule has 4 heterocycles. The monoisotopic (exact) mass is 431 g/mol. The second-order valence-electron chi connectivity index (χ2n) is 7.25. The van der Waals surface area contributed by atoms with Crippen molar-refractivity contribution in [2.45, 2.75) is 57.9 Å². The first-order valence-corrected chi connectivity index (χ1v) is 10.7. The van der Waals surface area contributed by atoms with E-state index in [-0.39, 0.29) is 24.1 Å². The average Bonchev–Trinajstić information content (AvgIpc) is 3.13. The van der Waals surface area contributed by atoms with Crippen LogP contribution in [0.3, 0.4) is 0 Å². The summed E-state index contributed by atoms with van der Waals surface area (Å²) in [6, 6.07) is 0. The number of rotatable bonds is 5. The Hall–Kier alpha value is -1.85. The van der Waals surface area contributed by atoms with Crippen LogP contribution < -0.4 is 10.5 Å². The first-order chi connectivity index (χ1) is 13.6. The molecule has 0 radical (unpaired) electrons. The van der Waals surface area contributed by atoms with Gasteiger partial charge in [0.15, 0.2) is 23.1 Å². The molecule has 0 bridgehead atoms. The van der Waals surface area contributed by atoms with Crippen LogP contribution >= 0.6 is 7.82 Å². The number of nitrogens with two attached hydrogens (primary N) is 1. The second-order valence-corrected chi connectivity index (χ2v) is 8.82. The minimum Gasteiger partial charge on any atom is -0.476 e. The molecule has 2 N–H and O–H groups in total. The number of fused-ring (bicyclic) bond motifs is 2. The van der Waals surface area contributed by atoms with Gasteiger partial charge in [-0.3, -0.25) is 18.1 Å². The van der Waals surface area contributed by atoms with Crippen LogP contribution in [0.5, 0.6) is 5.88 Å². The summed E-state index contributed by atoms with van der Waals surface area (Å²) in [7, 11) is -3.91. The molecule has 2 fully saturated rings. The summed E-state index contributed by atoms with van der Waals surface area (Å²) in [6.45, 7) is 6.66. The number of nitrogen functional groups attached to an aromatic ring is 1. The van der Waals surface area contributed by atoms with E-state index < -0.39 is 38.0 Å². The summed E-state index contributed by atoms with van der Waals surface area (Å²) in [4.78, 5) is 12.4. The highest BCUT2D eigenvalue weighted by Gasteiger charge is 2.61. The maximum Gasteiger partial charge on any atom is 0.475 e. The van der Waals surface area contributed by atoms with Crippen LogP contribution in [0.2, 0.25) is 0 Å². The van der Waals surface area contributed by atoms with E-state index in [0.717, 1.165) is 0 Å². The summed E-state index contributed by atoms with van der Waals surface area (Å²) in [5.41, 5.74) is 4.25. The fraction of sp³-hybridized carbons (Fsp3) is 0.688. The summed E-state index contributed by atoms with van der Waals surface area (Å²) in [5, 5.41) is 0. The molecular weight excluding hydrogens is 408 g/mol. The lowest BCUT2D eigenvalue weighted by atomic mass is 9.98. The number of halogens is 1. The van der Waals surface area contributed by atoms with E-state index >= 15 is 4.39 Å². The average molecular weight is 431 g/mol. The van der Waals surface area contributed by atoms with Gasteiger partial charge >= 0.3 is 7.82 Å². The van der Waals surface area contributed by atoms with Crippen LogP contribution in [0.1, 0.15) is 33.9 Å². The summed E-state index contributed by atoms with van der Waals surface area (Å²) in [6.07, 6.45) is -2.20. The SMILES string of the molecule is CCOc1nc(N)nc2c1ncn2C1O[C@H]2COP(=O)(OC(C)C)O[C@H]2[C@@]1(C)F. The molecule has 2 unspecified atom stereocenters. The Morgan fingerprint density at radius 1 is 1.48 bits per heavy atom. The maximum absolute atomic E-state index is 15.9. The molecule has 2 saturated heterocycles. The van der Waals surface area contributed by atoms with Gasteiger partial charge in [0, 0.05) is 0 Å². The van der Waals surface area contributed by atoms with E-state index in [9.17, 15) is 4.57 Å². The minimum absolute atomic E-state index is 0.0481. The van der Waals surface area contributed by atoms with Crippen LogP contribution in [-0.2, 0) is 22.9 Å². The number of imidazole rings is 1. The number of hydrogen-bond donors (Lipinski definition) is 1. The lowest BCUT2D eigenvalue weighted by Gasteiger charge is -2.34. The van der Waals surface area contributed by atoms with Crippen molar-refractivity contribution in [2.75, 3.05) is 18.9 Å². The van der Waals surface area contributed by atoms with Crippen molar-refractivity contribution in [2.24, 2.45) is 0 Å². The lowest BCUT2D eigenvalue weighted by Crippen LogP contribution is -2.45. The molecule has 0 saturated carbocycles.